The first kappa shape index (κ1) is 12.5. The number of fused-ring (bicyclic) bond motifs is 1. The molecule has 0 unspecified atom stereocenters. The molecule has 0 radical (unpaired) electrons. The molecule has 0 spiro atoms. The van der Waals surface area contributed by atoms with Gasteiger partial charge in [-0.3, -0.25) is 14.3 Å². The summed E-state index contributed by atoms with van der Waals surface area (Å²) in [6.45, 7) is 0. The molecule has 0 saturated heterocycles. The van der Waals surface area contributed by atoms with E-state index in [9.17, 15) is 9.59 Å². The Morgan fingerprint density at radius 1 is 1.32 bits per heavy atom. The van der Waals surface area contributed by atoms with Crippen molar-refractivity contribution in [2.45, 2.75) is 0 Å². The van der Waals surface area contributed by atoms with Crippen LogP contribution in [0.25, 0.3) is 22.6 Å². The molecule has 98 valence electrons. The molecular formula is C10H6Cl2N4O2S. The molecule has 0 aliphatic rings. The van der Waals surface area contributed by atoms with Gasteiger partial charge in [0, 0.05) is 12.6 Å². The highest BCUT2D eigenvalue weighted by Gasteiger charge is 2.15. The zero-order valence-electron chi connectivity index (χ0n) is 9.45. The molecule has 3 heterocycles. The van der Waals surface area contributed by atoms with Gasteiger partial charge in [-0.25, -0.2) is 9.78 Å². The first-order valence-electron chi connectivity index (χ1n) is 5.11. The van der Waals surface area contributed by atoms with Crippen LogP contribution in [0.3, 0.4) is 0 Å². The predicted molar refractivity (Wildman–Crippen MR) is 75.3 cm³/mol. The summed E-state index contributed by atoms with van der Waals surface area (Å²) in [5, 5.41) is 0. The van der Waals surface area contributed by atoms with Crippen molar-refractivity contribution in [1.82, 2.24) is 19.5 Å². The van der Waals surface area contributed by atoms with Gasteiger partial charge < -0.3 is 4.98 Å². The van der Waals surface area contributed by atoms with Gasteiger partial charge in [-0.15, -0.1) is 11.3 Å². The first-order chi connectivity index (χ1) is 8.97. The Bertz CT molecular complexity index is 905. The van der Waals surface area contributed by atoms with E-state index in [0.29, 0.717) is 20.1 Å². The highest BCUT2D eigenvalue weighted by atomic mass is 35.5. The second-order valence-corrected chi connectivity index (χ2v) is 6.13. The third-order valence-corrected chi connectivity index (χ3v) is 4.15. The van der Waals surface area contributed by atoms with E-state index in [0.717, 1.165) is 0 Å². The number of hydrogen-bond donors (Lipinski definition) is 2. The van der Waals surface area contributed by atoms with E-state index in [1.54, 1.807) is 6.07 Å². The summed E-state index contributed by atoms with van der Waals surface area (Å²) in [7, 11) is 1.52. The summed E-state index contributed by atoms with van der Waals surface area (Å²) in [5.41, 5.74) is 0.0386. The van der Waals surface area contributed by atoms with Crippen molar-refractivity contribution in [3.8, 4) is 11.4 Å². The molecule has 0 saturated carbocycles. The Hall–Kier alpha value is -1.57. The number of hydrogen-bond acceptors (Lipinski definition) is 4. The Morgan fingerprint density at radius 3 is 2.68 bits per heavy atom. The molecule has 0 atom stereocenters. The molecule has 6 nitrogen and oxygen atoms in total. The Kier molecular flexibility index (Phi) is 2.77. The maximum atomic E-state index is 11.7. The van der Waals surface area contributed by atoms with Crippen LogP contribution in [0.4, 0.5) is 0 Å². The first-order valence-corrected chi connectivity index (χ1v) is 6.69. The van der Waals surface area contributed by atoms with Gasteiger partial charge in [-0.05, 0) is 6.07 Å². The number of thiophene rings is 1. The van der Waals surface area contributed by atoms with Crippen LogP contribution in [0.5, 0.6) is 0 Å². The second kappa shape index (κ2) is 4.22. The van der Waals surface area contributed by atoms with Crippen molar-refractivity contribution < 1.29 is 0 Å². The maximum absolute atomic E-state index is 11.7. The van der Waals surface area contributed by atoms with Crippen LogP contribution in [-0.4, -0.2) is 19.5 Å². The van der Waals surface area contributed by atoms with Crippen LogP contribution < -0.4 is 11.2 Å². The summed E-state index contributed by atoms with van der Waals surface area (Å²) in [4.78, 5) is 32.4. The molecule has 3 rings (SSSR count). The number of nitrogens with one attached hydrogen (secondary N) is 2. The van der Waals surface area contributed by atoms with E-state index in [4.69, 9.17) is 23.2 Å². The monoisotopic (exact) mass is 316 g/mol. The quantitative estimate of drug-likeness (QED) is 0.720. The van der Waals surface area contributed by atoms with Gasteiger partial charge in [-0.1, -0.05) is 23.2 Å². The van der Waals surface area contributed by atoms with Crippen LogP contribution in [0.15, 0.2) is 15.7 Å². The summed E-state index contributed by atoms with van der Waals surface area (Å²) in [6.07, 6.45) is 0. The lowest BCUT2D eigenvalue weighted by Crippen LogP contribution is -2.28. The molecule has 0 aromatic carbocycles. The Morgan fingerprint density at radius 2 is 2.05 bits per heavy atom. The van der Waals surface area contributed by atoms with Crippen LogP contribution >= 0.6 is 34.5 Å². The minimum atomic E-state index is -0.523. The fourth-order valence-corrected chi connectivity index (χ4v) is 3.20. The molecule has 2 N–H and O–H groups in total. The lowest BCUT2D eigenvalue weighted by Gasteiger charge is -1.94. The van der Waals surface area contributed by atoms with E-state index in [-0.39, 0.29) is 11.2 Å². The number of rotatable bonds is 1. The third-order valence-electron chi connectivity index (χ3n) is 2.67. The molecule has 0 aliphatic heterocycles. The number of halogens is 2. The van der Waals surface area contributed by atoms with Crippen molar-refractivity contribution in [3.05, 3.63) is 35.6 Å². The predicted octanol–water partition coefficient (Wildman–Crippen LogP) is 1.99. The van der Waals surface area contributed by atoms with E-state index in [2.05, 4.69) is 15.0 Å². The average molecular weight is 317 g/mol. The number of aryl methyl sites for hydroxylation is 1. The molecule has 0 fully saturated rings. The van der Waals surface area contributed by atoms with E-state index < -0.39 is 11.2 Å². The van der Waals surface area contributed by atoms with Crippen LogP contribution in [0, 0.1) is 0 Å². The standard InChI is InChI=1S/C10H6Cl2N4O2S/c1-16-8-5(9(17)15-10(16)18)13-7(14-8)3-2-4(11)19-6(3)12/h2H,1H3,(H,13,14)(H,15,17,18). The van der Waals surface area contributed by atoms with E-state index in [1.807, 2.05) is 0 Å². The molecule has 0 bridgehead atoms. The minimum absolute atomic E-state index is 0.218. The smallest absolute Gasteiger partial charge is 0.329 e. The SMILES string of the molecule is Cn1c(=O)[nH]c(=O)c2[nH]c(-c3cc(Cl)sc3Cl)nc21. The number of aromatic nitrogens is 4. The summed E-state index contributed by atoms with van der Waals surface area (Å²) in [6, 6.07) is 1.65. The largest absolute Gasteiger partial charge is 0.332 e. The third kappa shape index (κ3) is 1.90. The van der Waals surface area contributed by atoms with Crippen molar-refractivity contribution in [2.24, 2.45) is 7.05 Å². The van der Waals surface area contributed by atoms with Gasteiger partial charge in [0.25, 0.3) is 5.56 Å². The van der Waals surface area contributed by atoms with Crippen molar-refractivity contribution in [1.29, 1.82) is 0 Å². The highest BCUT2D eigenvalue weighted by Crippen LogP contribution is 2.37. The minimum Gasteiger partial charge on any atom is -0.332 e. The Balaban J connectivity index is 2.37. The summed E-state index contributed by atoms with van der Waals surface area (Å²) in [5.74, 6) is 0.398. The fourth-order valence-electron chi connectivity index (χ4n) is 1.73. The lowest BCUT2D eigenvalue weighted by molar-refractivity contribution is 0.832. The van der Waals surface area contributed by atoms with Gasteiger partial charge >= 0.3 is 5.69 Å². The van der Waals surface area contributed by atoms with Crippen molar-refractivity contribution in [3.63, 3.8) is 0 Å². The fraction of sp³-hybridized carbons (Fsp3) is 0.100. The molecule has 0 amide bonds. The molecule has 9 heteroatoms. The number of H-pyrrole nitrogens is 2. The van der Waals surface area contributed by atoms with Crippen LogP contribution in [-0.2, 0) is 7.05 Å². The molecule has 3 aromatic rings. The molecular weight excluding hydrogens is 311 g/mol. The average Bonchev–Trinajstić information content (AvgIpc) is 2.90. The van der Waals surface area contributed by atoms with Crippen molar-refractivity contribution >= 4 is 45.7 Å². The maximum Gasteiger partial charge on any atom is 0.329 e. The molecule has 19 heavy (non-hydrogen) atoms. The van der Waals surface area contributed by atoms with Gasteiger partial charge in [0.2, 0.25) is 0 Å². The van der Waals surface area contributed by atoms with E-state index in [1.165, 1.54) is 23.0 Å². The van der Waals surface area contributed by atoms with E-state index >= 15 is 0 Å². The number of nitrogens with zero attached hydrogens (tertiary/aromatic N) is 2. The summed E-state index contributed by atoms with van der Waals surface area (Å²) >= 11 is 13.1. The van der Waals surface area contributed by atoms with Gasteiger partial charge in [0.15, 0.2) is 5.65 Å². The van der Waals surface area contributed by atoms with Crippen LogP contribution in [0.2, 0.25) is 8.67 Å². The van der Waals surface area contributed by atoms with Crippen LogP contribution in [0.1, 0.15) is 0 Å². The highest BCUT2D eigenvalue weighted by molar-refractivity contribution is 7.20. The second-order valence-electron chi connectivity index (χ2n) is 3.84. The zero-order chi connectivity index (χ0) is 13.7. The topological polar surface area (TPSA) is 83.5 Å². The van der Waals surface area contributed by atoms with Gasteiger partial charge in [0.05, 0.1) is 4.34 Å². The number of aromatic amines is 2. The molecule has 3 aromatic heterocycles. The van der Waals surface area contributed by atoms with Gasteiger partial charge in [0.1, 0.15) is 15.7 Å². The normalized spacial score (nSPS) is 11.3. The Labute approximate surface area is 119 Å². The van der Waals surface area contributed by atoms with Crippen molar-refractivity contribution in [2.75, 3.05) is 0 Å². The van der Waals surface area contributed by atoms with Gasteiger partial charge in [-0.2, -0.15) is 0 Å². The number of imidazole rings is 1. The summed E-state index contributed by atoms with van der Waals surface area (Å²) < 4.78 is 2.23. The molecule has 0 aliphatic carbocycles. The zero-order valence-corrected chi connectivity index (χ0v) is 11.8. The lowest BCUT2D eigenvalue weighted by atomic mass is 10.3.